The van der Waals surface area contributed by atoms with Crippen LogP contribution in [0.2, 0.25) is 0 Å². The first-order chi connectivity index (χ1) is 13.3. The number of hydrogen-bond donors (Lipinski definition) is 4. The molecule has 1 saturated heterocycles. The van der Waals surface area contributed by atoms with E-state index < -0.39 is 24.5 Å². The average molecular weight is 385 g/mol. The Morgan fingerprint density at radius 2 is 1.54 bits per heavy atom. The molecule has 0 radical (unpaired) electrons. The van der Waals surface area contributed by atoms with Gasteiger partial charge in [0.1, 0.15) is 24.0 Å². The predicted molar refractivity (Wildman–Crippen MR) is 107 cm³/mol. The van der Waals surface area contributed by atoms with Crippen molar-refractivity contribution in [1.29, 1.82) is 0 Å². The molecule has 2 aromatic carbocycles. The van der Waals surface area contributed by atoms with Crippen molar-refractivity contribution in [2.24, 2.45) is 10.2 Å². The van der Waals surface area contributed by atoms with Gasteiger partial charge in [0.2, 0.25) is 0 Å². The fraction of sp³-hybridized carbons (Fsp3) is 0.429. The van der Waals surface area contributed by atoms with E-state index in [9.17, 15) is 15.3 Å². The Bertz CT molecular complexity index is 884. The fourth-order valence-electron chi connectivity index (χ4n) is 2.99. The van der Waals surface area contributed by atoms with Gasteiger partial charge in [-0.25, -0.2) is 0 Å². The number of aliphatic hydroxyl groups excluding tert-OH is 3. The monoisotopic (exact) mass is 385 g/mol. The van der Waals surface area contributed by atoms with Gasteiger partial charge in [-0.2, -0.15) is 5.11 Å². The first-order valence-electron chi connectivity index (χ1n) is 9.29. The Morgan fingerprint density at radius 1 is 0.857 bits per heavy atom. The second kappa shape index (κ2) is 8.36. The topological polar surface area (TPSA) is 107 Å². The van der Waals surface area contributed by atoms with E-state index in [1.165, 1.54) is 5.56 Å². The molecular weight excluding hydrogens is 358 g/mol. The Hall–Kier alpha value is -2.32. The highest BCUT2D eigenvalue weighted by molar-refractivity contribution is 5.68. The molecular formula is C21H27N3O4. The van der Waals surface area contributed by atoms with Crippen LogP contribution in [0, 0.1) is 27.7 Å². The van der Waals surface area contributed by atoms with Crippen LogP contribution in [0.5, 0.6) is 0 Å². The summed E-state index contributed by atoms with van der Waals surface area (Å²) >= 11 is 0. The third kappa shape index (κ3) is 4.39. The number of aliphatic hydroxyl groups is 3. The van der Waals surface area contributed by atoms with Crippen LogP contribution in [0.25, 0.3) is 0 Å². The van der Waals surface area contributed by atoms with E-state index in [-0.39, 0.29) is 6.61 Å². The number of nitrogens with zero attached hydrogens (tertiary/aromatic N) is 2. The quantitative estimate of drug-likeness (QED) is 0.605. The predicted octanol–water partition coefficient (Wildman–Crippen LogP) is 3.19. The molecule has 2 aromatic rings. The lowest BCUT2D eigenvalue weighted by atomic mass is 10.0. The number of anilines is 1. The third-order valence-corrected chi connectivity index (χ3v) is 5.17. The van der Waals surface area contributed by atoms with E-state index in [1.807, 2.05) is 58.0 Å². The molecule has 3 rings (SSSR count). The zero-order valence-corrected chi connectivity index (χ0v) is 16.5. The van der Waals surface area contributed by atoms with E-state index in [1.54, 1.807) is 0 Å². The Kier molecular flexibility index (Phi) is 6.10. The van der Waals surface area contributed by atoms with Gasteiger partial charge in [-0.1, -0.05) is 6.07 Å². The molecule has 0 spiro atoms. The lowest BCUT2D eigenvalue weighted by Gasteiger charge is -2.36. The average Bonchev–Trinajstić information content (AvgIpc) is 2.66. The maximum absolute atomic E-state index is 10.2. The molecule has 4 atom stereocenters. The van der Waals surface area contributed by atoms with Gasteiger partial charge in [-0.05, 0) is 74.2 Å². The summed E-state index contributed by atoms with van der Waals surface area (Å²) in [6, 6.07) is 9.69. The van der Waals surface area contributed by atoms with Crippen LogP contribution in [0.4, 0.5) is 17.1 Å². The second-order valence-corrected chi connectivity index (χ2v) is 7.37. The summed E-state index contributed by atoms with van der Waals surface area (Å²) in [5.74, 6) is 0. The molecule has 0 bridgehead atoms. The van der Waals surface area contributed by atoms with Crippen molar-refractivity contribution in [2.45, 2.75) is 52.2 Å². The van der Waals surface area contributed by atoms with Crippen molar-refractivity contribution < 1.29 is 20.1 Å². The minimum Gasteiger partial charge on any atom is -0.388 e. The number of aryl methyl sites for hydroxylation is 4. The van der Waals surface area contributed by atoms with E-state index in [0.717, 1.165) is 22.4 Å². The minimum atomic E-state index is -1.28. The molecule has 7 nitrogen and oxygen atoms in total. The van der Waals surface area contributed by atoms with Crippen molar-refractivity contribution in [3.63, 3.8) is 0 Å². The van der Waals surface area contributed by atoms with Crippen molar-refractivity contribution in [1.82, 2.24) is 0 Å². The standard InChI is InChI=1S/C21H27N3O4/c1-11-5-6-15(7-12(11)2)23-24-17-9-14(4)13(3)8-16(17)22-21-20(27)19(26)18(25)10-28-21/h5-9,18-22,25-27H,10H2,1-4H3/t18-,19+,20-,21+/m0/s1. The lowest BCUT2D eigenvalue weighted by molar-refractivity contribution is -0.178. The first kappa shape index (κ1) is 20.4. The summed E-state index contributed by atoms with van der Waals surface area (Å²) in [4.78, 5) is 0. The molecule has 4 N–H and O–H groups in total. The largest absolute Gasteiger partial charge is 0.388 e. The number of azo groups is 1. The summed E-state index contributed by atoms with van der Waals surface area (Å²) in [7, 11) is 0. The molecule has 0 unspecified atom stereocenters. The van der Waals surface area contributed by atoms with Gasteiger partial charge < -0.3 is 25.4 Å². The van der Waals surface area contributed by atoms with E-state index in [2.05, 4.69) is 15.5 Å². The number of ether oxygens (including phenoxy) is 1. The lowest BCUT2D eigenvalue weighted by Crippen LogP contribution is -2.55. The maximum Gasteiger partial charge on any atom is 0.156 e. The van der Waals surface area contributed by atoms with Crippen molar-refractivity contribution in [3.05, 3.63) is 52.6 Å². The molecule has 0 saturated carbocycles. The van der Waals surface area contributed by atoms with Crippen LogP contribution in [-0.4, -0.2) is 46.5 Å². The van der Waals surface area contributed by atoms with Crippen LogP contribution < -0.4 is 5.32 Å². The van der Waals surface area contributed by atoms with Crippen LogP contribution in [-0.2, 0) is 4.74 Å². The molecule has 0 aliphatic carbocycles. The maximum atomic E-state index is 10.2. The molecule has 0 amide bonds. The number of benzene rings is 2. The summed E-state index contributed by atoms with van der Waals surface area (Å²) in [6.07, 6.45) is -4.53. The molecule has 150 valence electrons. The second-order valence-electron chi connectivity index (χ2n) is 7.37. The highest BCUT2D eigenvalue weighted by Gasteiger charge is 2.37. The summed E-state index contributed by atoms with van der Waals surface area (Å²) < 4.78 is 5.45. The zero-order chi connectivity index (χ0) is 20.4. The summed E-state index contributed by atoms with van der Waals surface area (Å²) in [6.45, 7) is 7.96. The van der Waals surface area contributed by atoms with Crippen LogP contribution in [0.15, 0.2) is 40.6 Å². The number of nitrogens with one attached hydrogen (secondary N) is 1. The number of rotatable bonds is 4. The fourth-order valence-corrected chi connectivity index (χ4v) is 2.99. The smallest absolute Gasteiger partial charge is 0.156 e. The van der Waals surface area contributed by atoms with Gasteiger partial charge in [-0.3, -0.25) is 0 Å². The van der Waals surface area contributed by atoms with Crippen molar-refractivity contribution in [2.75, 3.05) is 11.9 Å². The van der Waals surface area contributed by atoms with Gasteiger partial charge in [0.05, 0.1) is 18.0 Å². The first-order valence-corrected chi connectivity index (χ1v) is 9.29. The molecule has 0 aromatic heterocycles. The summed E-state index contributed by atoms with van der Waals surface area (Å²) in [5, 5.41) is 41.5. The van der Waals surface area contributed by atoms with Crippen molar-refractivity contribution in [3.8, 4) is 0 Å². The van der Waals surface area contributed by atoms with Crippen LogP contribution in [0.1, 0.15) is 22.3 Å². The molecule has 1 fully saturated rings. The van der Waals surface area contributed by atoms with Crippen molar-refractivity contribution >= 4 is 17.1 Å². The SMILES string of the molecule is Cc1ccc(N=Nc2cc(C)c(C)cc2N[C@@H]2OC[C@H](O)[C@@H](O)[C@@H]2O)cc1C. The molecule has 1 heterocycles. The van der Waals surface area contributed by atoms with Gasteiger partial charge in [0, 0.05) is 0 Å². The molecule has 28 heavy (non-hydrogen) atoms. The third-order valence-electron chi connectivity index (χ3n) is 5.17. The van der Waals surface area contributed by atoms with Crippen LogP contribution in [0.3, 0.4) is 0 Å². The number of hydrogen-bond acceptors (Lipinski definition) is 7. The van der Waals surface area contributed by atoms with Gasteiger partial charge in [0.25, 0.3) is 0 Å². The van der Waals surface area contributed by atoms with Gasteiger partial charge in [-0.15, -0.1) is 5.11 Å². The Morgan fingerprint density at radius 3 is 2.25 bits per heavy atom. The highest BCUT2D eigenvalue weighted by Crippen LogP contribution is 2.32. The van der Waals surface area contributed by atoms with Crippen LogP contribution >= 0.6 is 0 Å². The molecule has 7 heteroatoms. The normalized spacial score (nSPS) is 25.2. The van der Waals surface area contributed by atoms with Gasteiger partial charge >= 0.3 is 0 Å². The zero-order valence-electron chi connectivity index (χ0n) is 16.5. The van der Waals surface area contributed by atoms with E-state index in [0.29, 0.717) is 11.4 Å². The van der Waals surface area contributed by atoms with Gasteiger partial charge in [0.15, 0.2) is 6.23 Å². The van der Waals surface area contributed by atoms with E-state index >= 15 is 0 Å². The Labute approximate surface area is 164 Å². The molecule has 1 aliphatic rings. The summed E-state index contributed by atoms with van der Waals surface area (Å²) in [5.41, 5.74) is 6.40. The Balaban J connectivity index is 1.88. The minimum absolute atomic E-state index is 0.0692. The van der Waals surface area contributed by atoms with E-state index in [4.69, 9.17) is 4.74 Å². The highest BCUT2D eigenvalue weighted by atomic mass is 16.5. The molecule has 1 aliphatic heterocycles.